The van der Waals surface area contributed by atoms with Gasteiger partial charge in [0.1, 0.15) is 12.4 Å². The zero-order valence-electron chi connectivity index (χ0n) is 15.0. The van der Waals surface area contributed by atoms with Crippen LogP contribution >= 0.6 is 11.6 Å². The summed E-state index contributed by atoms with van der Waals surface area (Å²) in [5.41, 5.74) is 2.55. The van der Waals surface area contributed by atoms with E-state index in [2.05, 4.69) is 0 Å². The Kier molecular flexibility index (Phi) is 8.04. The monoisotopic (exact) mass is 428 g/mol. The third-order valence-corrected chi connectivity index (χ3v) is 3.88. The van der Waals surface area contributed by atoms with Gasteiger partial charge in [-0.3, -0.25) is 9.59 Å². The highest BCUT2D eigenvalue weighted by Gasteiger charge is 2.34. The number of hydrogen-bond donors (Lipinski definition) is 2. The minimum absolute atomic E-state index is 0.0630. The molecule has 0 bridgehead atoms. The number of carboxylic acid groups (broad SMARTS) is 1. The Morgan fingerprint density at radius 2 is 1.72 bits per heavy atom. The van der Waals surface area contributed by atoms with Crippen LogP contribution in [0.15, 0.2) is 48.5 Å². The molecule has 10 heteroatoms. The van der Waals surface area contributed by atoms with E-state index in [-0.39, 0.29) is 12.2 Å². The number of ether oxygens (including phenoxy) is 1. The van der Waals surface area contributed by atoms with Crippen LogP contribution < -0.4 is 10.5 Å². The summed E-state index contributed by atoms with van der Waals surface area (Å²) in [6, 6.07) is 12.1. The summed E-state index contributed by atoms with van der Waals surface area (Å²) >= 11 is 5.82. The number of amides is 1. The molecule has 0 aliphatic carbocycles. The molecule has 0 fully saturated rings. The maximum Gasteiger partial charge on any atom is 0.416 e. The van der Waals surface area contributed by atoms with Crippen LogP contribution in [0.25, 0.3) is 0 Å². The first-order valence-electron chi connectivity index (χ1n) is 7.90. The van der Waals surface area contributed by atoms with Crippen LogP contribution in [0.5, 0.6) is 5.75 Å². The van der Waals surface area contributed by atoms with Gasteiger partial charge in [-0.2, -0.15) is 18.4 Å². The van der Waals surface area contributed by atoms with E-state index in [1.807, 2.05) is 0 Å². The first-order chi connectivity index (χ1) is 13.4. The molecular weight excluding hydrogens is 413 g/mol. The highest BCUT2D eigenvalue weighted by molar-refractivity contribution is 6.32. The van der Waals surface area contributed by atoms with E-state index in [0.717, 1.165) is 24.3 Å². The number of halogens is 4. The highest BCUT2D eigenvalue weighted by Crippen LogP contribution is 2.29. The molecular formula is C19H16ClF3N2O4. The topological polar surface area (TPSA) is 113 Å². The van der Waals surface area contributed by atoms with Crippen LogP contribution in [0, 0.1) is 16.7 Å². The summed E-state index contributed by atoms with van der Waals surface area (Å²) in [7, 11) is 0. The molecule has 0 saturated heterocycles. The number of primary amides is 1. The van der Waals surface area contributed by atoms with E-state index in [0.29, 0.717) is 10.8 Å². The second-order valence-corrected chi connectivity index (χ2v) is 6.31. The van der Waals surface area contributed by atoms with Crippen LogP contribution in [0.4, 0.5) is 13.2 Å². The predicted octanol–water partition coefficient (Wildman–Crippen LogP) is 4.14. The van der Waals surface area contributed by atoms with E-state index in [9.17, 15) is 22.8 Å². The number of alkyl halides is 3. The Balaban J connectivity index is 0.000000296. The number of aliphatic carboxylic acids is 1. The van der Waals surface area contributed by atoms with E-state index >= 15 is 0 Å². The number of carbonyl (C=O) groups is 2. The standard InChI is InChI=1S/C11H10ClNO3.C8H6F3NO/c1-11(6-13,10(14)15)7-16-9-5-3-2-4-8(9)12;9-8(10,11)6-3-1-5(2-4-6)7(12)13/h2-5H,7H2,1H3,(H,14,15);1-4H,(H2,12,13). The Bertz CT molecular complexity index is 911. The van der Waals surface area contributed by atoms with Crippen molar-refractivity contribution in [3.8, 4) is 11.8 Å². The van der Waals surface area contributed by atoms with Crippen LogP contribution in [0.3, 0.4) is 0 Å². The molecule has 0 saturated carbocycles. The van der Waals surface area contributed by atoms with Gasteiger partial charge in [0.25, 0.3) is 0 Å². The first-order valence-corrected chi connectivity index (χ1v) is 8.27. The van der Waals surface area contributed by atoms with Gasteiger partial charge in [-0.05, 0) is 43.3 Å². The molecule has 2 aromatic rings. The largest absolute Gasteiger partial charge is 0.490 e. The highest BCUT2D eigenvalue weighted by atomic mass is 35.5. The molecule has 1 unspecified atom stereocenters. The molecule has 3 N–H and O–H groups in total. The minimum Gasteiger partial charge on any atom is -0.490 e. The van der Waals surface area contributed by atoms with Crippen molar-refractivity contribution in [1.82, 2.24) is 0 Å². The van der Waals surface area contributed by atoms with Crippen molar-refractivity contribution in [1.29, 1.82) is 5.26 Å². The zero-order chi connectivity index (χ0) is 22.2. The molecule has 1 amide bonds. The van der Waals surface area contributed by atoms with Crippen LogP contribution in [0.2, 0.25) is 5.02 Å². The van der Waals surface area contributed by atoms with E-state index in [1.54, 1.807) is 30.3 Å². The SMILES string of the molecule is CC(C#N)(COc1ccccc1Cl)C(=O)O.NC(=O)c1ccc(C(F)(F)F)cc1. The Morgan fingerprint density at radius 3 is 2.14 bits per heavy atom. The van der Waals surface area contributed by atoms with Crippen molar-refractivity contribution in [3.63, 3.8) is 0 Å². The number of para-hydroxylation sites is 1. The van der Waals surface area contributed by atoms with Gasteiger partial charge >= 0.3 is 12.1 Å². The Hall–Kier alpha value is -3.25. The number of hydrogen-bond acceptors (Lipinski definition) is 4. The Morgan fingerprint density at radius 1 is 1.17 bits per heavy atom. The van der Waals surface area contributed by atoms with E-state index in [4.69, 9.17) is 32.4 Å². The molecule has 1 atom stereocenters. The summed E-state index contributed by atoms with van der Waals surface area (Å²) in [4.78, 5) is 21.3. The first kappa shape index (κ1) is 23.8. The molecule has 0 heterocycles. The summed E-state index contributed by atoms with van der Waals surface area (Å²) in [6.45, 7) is 1.05. The third-order valence-electron chi connectivity index (χ3n) is 3.57. The third kappa shape index (κ3) is 7.01. The van der Waals surface area contributed by atoms with Gasteiger partial charge < -0.3 is 15.6 Å². The predicted molar refractivity (Wildman–Crippen MR) is 98.3 cm³/mol. The maximum absolute atomic E-state index is 12.0. The number of nitrogens with zero attached hydrogens (tertiary/aromatic N) is 1. The van der Waals surface area contributed by atoms with Crippen molar-refractivity contribution in [2.45, 2.75) is 13.1 Å². The van der Waals surface area contributed by atoms with E-state index < -0.39 is 29.0 Å². The fourth-order valence-electron chi connectivity index (χ4n) is 1.75. The lowest BCUT2D eigenvalue weighted by Crippen LogP contribution is -2.32. The van der Waals surface area contributed by atoms with Crippen molar-refractivity contribution < 1.29 is 32.6 Å². The van der Waals surface area contributed by atoms with Gasteiger partial charge in [-0.25, -0.2) is 0 Å². The summed E-state index contributed by atoms with van der Waals surface area (Å²) < 4.78 is 41.2. The zero-order valence-corrected chi connectivity index (χ0v) is 15.8. The minimum atomic E-state index is -4.38. The lowest BCUT2D eigenvalue weighted by Gasteiger charge is -2.17. The average Bonchev–Trinajstić information content (AvgIpc) is 2.67. The fraction of sp³-hybridized carbons (Fsp3) is 0.211. The lowest BCUT2D eigenvalue weighted by atomic mass is 9.94. The van der Waals surface area contributed by atoms with Gasteiger partial charge in [-0.15, -0.1) is 0 Å². The lowest BCUT2D eigenvalue weighted by molar-refractivity contribution is -0.146. The molecule has 6 nitrogen and oxygen atoms in total. The number of nitrogens with two attached hydrogens (primary N) is 1. The number of carbonyl (C=O) groups excluding carboxylic acids is 1. The number of nitriles is 1. The van der Waals surface area contributed by atoms with Crippen LogP contribution in [0.1, 0.15) is 22.8 Å². The van der Waals surface area contributed by atoms with Crippen molar-refractivity contribution in [2.24, 2.45) is 11.1 Å². The van der Waals surface area contributed by atoms with Gasteiger partial charge in [-0.1, -0.05) is 23.7 Å². The quantitative estimate of drug-likeness (QED) is 0.743. The number of carboxylic acids is 1. The normalized spacial score (nSPS) is 12.6. The smallest absolute Gasteiger partial charge is 0.416 e. The second kappa shape index (κ2) is 9.80. The van der Waals surface area contributed by atoms with Crippen molar-refractivity contribution in [2.75, 3.05) is 6.61 Å². The average molecular weight is 429 g/mol. The maximum atomic E-state index is 12.0. The molecule has 154 valence electrons. The summed E-state index contributed by atoms with van der Waals surface area (Å²) in [6.07, 6.45) is -4.38. The molecule has 0 aromatic heterocycles. The fourth-order valence-corrected chi connectivity index (χ4v) is 1.94. The molecule has 0 aliphatic heterocycles. The molecule has 2 rings (SSSR count). The molecule has 29 heavy (non-hydrogen) atoms. The number of rotatable bonds is 5. The summed E-state index contributed by atoms with van der Waals surface area (Å²) in [5, 5.41) is 18.0. The van der Waals surface area contributed by atoms with Gasteiger partial charge in [0.2, 0.25) is 5.91 Å². The van der Waals surface area contributed by atoms with Crippen molar-refractivity contribution >= 4 is 23.5 Å². The van der Waals surface area contributed by atoms with Crippen molar-refractivity contribution in [3.05, 3.63) is 64.7 Å². The molecule has 0 spiro atoms. The van der Waals surface area contributed by atoms with E-state index in [1.165, 1.54) is 6.92 Å². The molecule has 2 aromatic carbocycles. The summed E-state index contributed by atoms with van der Waals surface area (Å²) in [5.74, 6) is -1.59. The Labute approximate surface area is 169 Å². The van der Waals surface area contributed by atoms with Crippen LogP contribution in [-0.2, 0) is 11.0 Å². The molecule has 0 aliphatic rings. The van der Waals surface area contributed by atoms with Gasteiger partial charge in [0.05, 0.1) is 16.7 Å². The van der Waals surface area contributed by atoms with Gasteiger partial charge in [0.15, 0.2) is 5.41 Å². The molecule has 0 radical (unpaired) electrons. The second-order valence-electron chi connectivity index (χ2n) is 5.91. The van der Waals surface area contributed by atoms with Crippen LogP contribution in [-0.4, -0.2) is 23.6 Å². The van der Waals surface area contributed by atoms with Gasteiger partial charge in [0, 0.05) is 5.56 Å². The number of benzene rings is 2.